The molecule has 0 bridgehead atoms. The smallest absolute Gasteiger partial charge is 0.249 e. The lowest BCUT2D eigenvalue weighted by Crippen LogP contribution is -2.20. The molecule has 0 spiro atoms. The second kappa shape index (κ2) is 8.22. The Labute approximate surface area is 175 Å². The molecule has 2 aromatic heterocycles. The summed E-state index contributed by atoms with van der Waals surface area (Å²) in [6.45, 7) is 4.07. The Balaban J connectivity index is 1.52. The number of hydrogen-bond donors (Lipinski definition) is 1. The molecule has 1 saturated carbocycles. The highest BCUT2D eigenvalue weighted by molar-refractivity contribution is 5.92. The number of amides is 1. The van der Waals surface area contributed by atoms with Crippen LogP contribution in [0.4, 0.5) is 5.69 Å². The monoisotopic (exact) mass is 410 g/mol. The van der Waals surface area contributed by atoms with Crippen molar-refractivity contribution in [3.8, 4) is 23.0 Å². The highest BCUT2D eigenvalue weighted by Crippen LogP contribution is 2.37. The molecule has 3 aromatic rings. The molecule has 0 radical (unpaired) electrons. The quantitative estimate of drug-likeness (QED) is 0.631. The van der Waals surface area contributed by atoms with Gasteiger partial charge in [-0.15, -0.1) is 10.2 Å². The summed E-state index contributed by atoms with van der Waals surface area (Å²) in [4.78, 5) is 12.8. The fourth-order valence-electron chi connectivity index (χ4n) is 3.67. The van der Waals surface area contributed by atoms with Crippen LogP contribution in [0.1, 0.15) is 42.5 Å². The SMILES string of the molecule is COc1ccc(OC)c(NC(=O)Cn2c(C)cc(-c3nnc(C4CCC4)o3)c2C)c1. The van der Waals surface area contributed by atoms with Gasteiger partial charge in [-0.2, -0.15) is 0 Å². The number of aryl methyl sites for hydroxylation is 1. The minimum atomic E-state index is -0.171. The third-order valence-electron chi connectivity index (χ3n) is 5.68. The molecule has 2 heterocycles. The molecule has 1 aliphatic carbocycles. The molecule has 0 unspecified atom stereocenters. The van der Waals surface area contributed by atoms with E-state index >= 15 is 0 Å². The molecule has 1 amide bonds. The van der Waals surface area contributed by atoms with E-state index in [1.54, 1.807) is 32.4 Å². The van der Waals surface area contributed by atoms with Crippen LogP contribution in [0.25, 0.3) is 11.5 Å². The lowest BCUT2D eigenvalue weighted by Gasteiger charge is -2.20. The number of nitrogens with zero attached hydrogens (tertiary/aromatic N) is 3. The molecule has 158 valence electrons. The molecule has 0 saturated heterocycles. The van der Waals surface area contributed by atoms with Crippen LogP contribution < -0.4 is 14.8 Å². The van der Waals surface area contributed by atoms with Crippen molar-refractivity contribution in [2.45, 2.75) is 45.6 Å². The summed E-state index contributed by atoms with van der Waals surface area (Å²) < 4.78 is 18.4. The van der Waals surface area contributed by atoms with E-state index < -0.39 is 0 Å². The lowest BCUT2D eigenvalue weighted by atomic mass is 9.85. The summed E-state index contributed by atoms with van der Waals surface area (Å²) in [6, 6.07) is 7.25. The van der Waals surface area contributed by atoms with Gasteiger partial charge in [-0.3, -0.25) is 4.79 Å². The van der Waals surface area contributed by atoms with Crippen LogP contribution in [0.2, 0.25) is 0 Å². The Bertz CT molecular complexity index is 1070. The summed E-state index contributed by atoms with van der Waals surface area (Å²) in [5, 5.41) is 11.4. The van der Waals surface area contributed by atoms with Gasteiger partial charge in [0.15, 0.2) is 0 Å². The number of nitrogens with one attached hydrogen (secondary N) is 1. The Morgan fingerprint density at radius 1 is 1.20 bits per heavy atom. The molecular formula is C22H26N4O4. The summed E-state index contributed by atoms with van der Waals surface area (Å²) >= 11 is 0. The molecule has 1 N–H and O–H groups in total. The van der Waals surface area contributed by atoms with E-state index in [0.717, 1.165) is 29.8 Å². The van der Waals surface area contributed by atoms with Crippen molar-refractivity contribution < 1.29 is 18.7 Å². The van der Waals surface area contributed by atoms with Crippen LogP contribution in [0, 0.1) is 13.8 Å². The third kappa shape index (κ3) is 3.77. The number of aromatic nitrogens is 3. The van der Waals surface area contributed by atoms with Crippen molar-refractivity contribution in [1.82, 2.24) is 14.8 Å². The average molecular weight is 410 g/mol. The van der Waals surface area contributed by atoms with E-state index in [1.807, 2.05) is 24.5 Å². The van der Waals surface area contributed by atoms with Crippen LogP contribution >= 0.6 is 0 Å². The molecule has 8 nitrogen and oxygen atoms in total. The Hall–Kier alpha value is -3.29. The first-order valence-corrected chi connectivity index (χ1v) is 10.0. The van der Waals surface area contributed by atoms with Crippen molar-refractivity contribution in [2.24, 2.45) is 0 Å². The second-order valence-corrected chi connectivity index (χ2v) is 7.56. The lowest BCUT2D eigenvalue weighted by molar-refractivity contribution is -0.116. The van der Waals surface area contributed by atoms with Gasteiger partial charge in [0.2, 0.25) is 17.7 Å². The largest absolute Gasteiger partial charge is 0.497 e. The minimum Gasteiger partial charge on any atom is -0.497 e. The van der Waals surface area contributed by atoms with E-state index in [4.69, 9.17) is 13.9 Å². The van der Waals surface area contributed by atoms with E-state index in [0.29, 0.717) is 34.9 Å². The zero-order valence-corrected chi connectivity index (χ0v) is 17.7. The Kier molecular flexibility index (Phi) is 5.48. The number of carbonyl (C=O) groups excluding carboxylic acids is 1. The van der Waals surface area contributed by atoms with E-state index in [2.05, 4.69) is 15.5 Å². The predicted octanol–water partition coefficient (Wildman–Crippen LogP) is 4.08. The normalized spacial score (nSPS) is 13.7. The molecular weight excluding hydrogens is 384 g/mol. The fourth-order valence-corrected chi connectivity index (χ4v) is 3.67. The first-order valence-electron chi connectivity index (χ1n) is 10.0. The number of rotatable bonds is 7. The van der Waals surface area contributed by atoms with Gasteiger partial charge in [0.25, 0.3) is 0 Å². The molecule has 30 heavy (non-hydrogen) atoms. The van der Waals surface area contributed by atoms with Crippen molar-refractivity contribution in [2.75, 3.05) is 19.5 Å². The predicted molar refractivity (Wildman–Crippen MR) is 112 cm³/mol. The number of carbonyl (C=O) groups is 1. The first kappa shape index (κ1) is 20.0. The van der Waals surface area contributed by atoms with Gasteiger partial charge in [-0.05, 0) is 44.9 Å². The van der Waals surface area contributed by atoms with Crippen molar-refractivity contribution >= 4 is 11.6 Å². The molecule has 0 atom stereocenters. The zero-order valence-electron chi connectivity index (χ0n) is 17.7. The summed E-state index contributed by atoms with van der Waals surface area (Å²) in [7, 11) is 3.14. The third-order valence-corrected chi connectivity index (χ3v) is 5.68. The maximum absolute atomic E-state index is 12.8. The van der Waals surface area contributed by atoms with Gasteiger partial charge in [0.05, 0.1) is 25.5 Å². The highest BCUT2D eigenvalue weighted by atomic mass is 16.5. The van der Waals surface area contributed by atoms with Crippen LogP contribution in [0.3, 0.4) is 0 Å². The van der Waals surface area contributed by atoms with Crippen molar-refractivity contribution in [3.05, 3.63) is 41.5 Å². The minimum absolute atomic E-state index is 0.154. The highest BCUT2D eigenvalue weighted by Gasteiger charge is 2.26. The number of methoxy groups -OCH3 is 2. The summed E-state index contributed by atoms with van der Waals surface area (Å²) in [6.07, 6.45) is 3.42. The number of hydrogen-bond acceptors (Lipinski definition) is 6. The van der Waals surface area contributed by atoms with Crippen LogP contribution in [0.15, 0.2) is 28.7 Å². The van der Waals surface area contributed by atoms with Gasteiger partial charge in [-0.25, -0.2) is 0 Å². The fraction of sp³-hybridized carbons (Fsp3) is 0.409. The number of benzene rings is 1. The molecule has 1 fully saturated rings. The number of ether oxygens (including phenoxy) is 2. The van der Waals surface area contributed by atoms with Crippen LogP contribution in [0.5, 0.6) is 11.5 Å². The van der Waals surface area contributed by atoms with E-state index in [9.17, 15) is 4.79 Å². The molecule has 4 rings (SSSR count). The van der Waals surface area contributed by atoms with Crippen molar-refractivity contribution in [1.29, 1.82) is 0 Å². The van der Waals surface area contributed by atoms with Gasteiger partial charge in [0, 0.05) is 23.4 Å². The number of anilines is 1. The van der Waals surface area contributed by atoms with E-state index in [1.165, 1.54) is 6.42 Å². The molecule has 0 aliphatic heterocycles. The van der Waals surface area contributed by atoms with Crippen LogP contribution in [-0.2, 0) is 11.3 Å². The Morgan fingerprint density at radius 3 is 2.67 bits per heavy atom. The second-order valence-electron chi connectivity index (χ2n) is 7.56. The van der Waals surface area contributed by atoms with Crippen LogP contribution in [-0.4, -0.2) is 34.9 Å². The van der Waals surface area contributed by atoms with Gasteiger partial charge >= 0.3 is 0 Å². The summed E-state index contributed by atoms with van der Waals surface area (Å²) in [5.74, 6) is 2.64. The average Bonchev–Trinajstić information content (AvgIpc) is 3.26. The maximum atomic E-state index is 12.8. The van der Waals surface area contributed by atoms with Gasteiger partial charge < -0.3 is 23.8 Å². The standard InChI is InChI=1S/C22H26N4O4/c1-13-10-17(22-25-24-21(30-22)15-6-5-7-15)14(2)26(13)12-20(27)23-18-11-16(28-3)8-9-19(18)29-4/h8-11,15H,5-7,12H2,1-4H3,(H,23,27). The van der Waals surface area contributed by atoms with Gasteiger partial charge in [0.1, 0.15) is 18.0 Å². The molecule has 1 aromatic carbocycles. The van der Waals surface area contributed by atoms with Gasteiger partial charge in [-0.1, -0.05) is 6.42 Å². The first-order chi connectivity index (χ1) is 14.5. The molecule has 1 aliphatic rings. The molecule has 8 heteroatoms. The maximum Gasteiger partial charge on any atom is 0.249 e. The topological polar surface area (TPSA) is 91.4 Å². The Morgan fingerprint density at radius 2 is 2.00 bits per heavy atom. The zero-order chi connectivity index (χ0) is 21.3. The summed E-state index contributed by atoms with van der Waals surface area (Å²) in [5.41, 5.74) is 3.27. The van der Waals surface area contributed by atoms with E-state index in [-0.39, 0.29) is 12.5 Å². The van der Waals surface area contributed by atoms with Crippen molar-refractivity contribution in [3.63, 3.8) is 0 Å².